The normalized spacial score (nSPS) is 12.5. The van der Waals surface area contributed by atoms with Crippen LogP contribution in [0.5, 0.6) is 0 Å². The average molecular weight is 684 g/mol. The maximum Gasteiger partial charge on any atom is 0.204 e. The van der Waals surface area contributed by atoms with Gasteiger partial charge in [-0.1, -0.05) is 157 Å². The Kier molecular flexibility index (Phi) is 9.44. The number of nitrogen functional groups attached to an aromatic ring is 1. The fraction of sp³-hybridized carbons (Fsp3) is 0.0476. The van der Waals surface area contributed by atoms with Gasteiger partial charge in [-0.15, -0.1) is 15.0 Å². The van der Waals surface area contributed by atoms with E-state index in [1.54, 1.807) is 29.1 Å². The molecule has 0 bridgehead atoms. The van der Waals surface area contributed by atoms with Gasteiger partial charge in [0.25, 0.3) is 0 Å². The van der Waals surface area contributed by atoms with E-state index in [1.165, 1.54) is 11.8 Å². The van der Waals surface area contributed by atoms with Crippen LogP contribution in [0.1, 0.15) is 39.5 Å². The van der Waals surface area contributed by atoms with Crippen molar-refractivity contribution in [2.24, 2.45) is 5.73 Å². The minimum atomic E-state index is -0.955. The number of anilines is 1. The molecule has 6 aromatic carbocycles. The highest BCUT2D eigenvalue weighted by atomic mass is 32.2. The topological polar surface area (TPSA) is 140 Å². The molecular weight excluding hydrogens is 651 g/mol. The van der Waals surface area contributed by atoms with Gasteiger partial charge in [-0.3, -0.25) is 0 Å². The fourth-order valence-electron chi connectivity index (χ4n) is 6.23. The van der Waals surface area contributed by atoms with Crippen LogP contribution in [0.25, 0.3) is 17.0 Å². The number of allylic oxidation sites excluding steroid dienone is 1. The van der Waals surface area contributed by atoms with Crippen molar-refractivity contribution in [2.75, 3.05) is 5.73 Å². The number of para-hydroxylation sites is 1. The van der Waals surface area contributed by atoms with Crippen LogP contribution in [0.3, 0.4) is 0 Å². The third-order valence-corrected chi connectivity index (χ3v) is 9.78. The van der Waals surface area contributed by atoms with Gasteiger partial charge < -0.3 is 16.6 Å². The van der Waals surface area contributed by atoms with Crippen molar-refractivity contribution >= 4 is 23.0 Å². The van der Waals surface area contributed by atoms with E-state index in [0.717, 1.165) is 27.1 Å². The van der Waals surface area contributed by atoms with Gasteiger partial charge in [0.1, 0.15) is 12.2 Å². The van der Waals surface area contributed by atoms with Gasteiger partial charge in [-0.05, 0) is 56.8 Å². The Morgan fingerprint density at radius 3 is 1.84 bits per heavy atom. The van der Waals surface area contributed by atoms with Crippen molar-refractivity contribution in [3.8, 4) is 17.5 Å². The van der Waals surface area contributed by atoms with Crippen molar-refractivity contribution in [1.82, 2.24) is 20.2 Å². The summed E-state index contributed by atoms with van der Waals surface area (Å²) < 4.78 is 0. The van der Waals surface area contributed by atoms with Crippen LogP contribution in [-0.2, 0) is 5.54 Å². The number of thioether (sulfide) groups is 1. The smallest absolute Gasteiger partial charge is 0.204 e. The summed E-state index contributed by atoms with van der Waals surface area (Å²) in [5, 5.41) is 35.9. The zero-order chi connectivity index (χ0) is 35.2. The predicted octanol–water partition coefficient (Wildman–Crippen LogP) is 7.79. The molecule has 1 atom stereocenters. The summed E-state index contributed by atoms with van der Waals surface area (Å²) in [6.45, 7) is 0. The number of hydrogen-bond acceptors (Lipinski definition) is 8. The molecule has 8 nitrogen and oxygen atoms in total. The largest absolute Gasteiger partial charge is 0.398 e. The first kappa shape index (κ1) is 33.0. The number of aromatic nitrogens is 4. The molecule has 0 spiro atoms. The van der Waals surface area contributed by atoms with Crippen LogP contribution in [0, 0.1) is 11.3 Å². The van der Waals surface area contributed by atoms with E-state index in [1.807, 2.05) is 103 Å². The SMILES string of the molecule is N#C/C(=C(/N)Sc1ccccc1N)c1cccc(C(O)c2ccc(-c3nnn(C(c4ccccc4)(c4ccccc4)c4ccccc4)n3)cc2)c1. The van der Waals surface area contributed by atoms with Crippen molar-refractivity contribution in [1.29, 1.82) is 5.26 Å². The Bertz CT molecular complexity index is 2240. The summed E-state index contributed by atoms with van der Waals surface area (Å²) in [7, 11) is 0. The molecule has 0 aliphatic rings. The van der Waals surface area contributed by atoms with Crippen LogP contribution < -0.4 is 11.5 Å². The third-order valence-electron chi connectivity index (χ3n) is 8.76. The second-order valence-electron chi connectivity index (χ2n) is 11.9. The summed E-state index contributed by atoms with van der Waals surface area (Å²) in [6, 6.07) is 54.7. The molecule has 1 heterocycles. The van der Waals surface area contributed by atoms with E-state index in [2.05, 4.69) is 52.8 Å². The van der Waals surface area contributed by atoms with Gasteiger partial charge in [0, 0.05) is 16.1 Å². The van der Waals surface area contributed by atoms with E-state index in [0.29, 0.717) is 38.8 Å². The van der Waals surface area contributed by atoms with Gasteiger partial charge in [0.15, 0.2) is 5.54 Å². The highest BCUT2D eigenvalue weighted by Crippen LogP contribution is 2.40. The molecule has 7 aromatic rings. The molecule has 51 heavy (non-hydrogen) atoms. The Balaban J connectivity index is 1.20. The number of nitriles is 1. The molecule has 0 saturated carbocycles. The predicted molar refractivity (Wildman–Crippen MR) is 202 cm³/mol. The Morgan fingerprint density at radius 1 is 0.706 bits per heavy atom. The highest BCUT2D eigenvalue weighted by Gasteiger charge is 2.41. The molecule has 9 heteroatoms. The maximum absolute atomic E-state index is 11.4. The van der Waals surface area contributed by atoms with E-state index in [9.17, 15) is 10.4 Å². The molecule has 1 unspecified atom stereocenters. The average Bonchev–Trinajstić information content (AvgIpc) is 3.68. The molecule has 0 radical (unpaired) electrons. The molecule has 5 N–H and O–H groups in total. The molecule has 0 aliphatic carbocycles. The van der Waals surface area contributed by atoms with E-state index in [-0.39, 0.29) is 0 Å². The third kappa shape index (κ3) is 6.49. The first-order chi connectivity index (χ1) is 25.0. The zero-order valence-electron chi connectivity index (χ0n) is 27.4. The van der Waals surface area contributed by atoms with Gasteiger partial charge in [0.05, 0.1) is 10.6 Å². The monoisotopic (exact) mass is 683 g/mol. The molecule has 7 rings (SSSR count). The second-order valence-corrected chi connectivity index (χ2v) is 12.9. The first-order valence-electron chi connectivity index (χ1n) is 16.3. The lowest BCUT2D eigenvalue weighted by Crippen LogP contribution is -2.39. The molecule has 1 aromatic heterocycles. The molecule has 0 amide bonds. The summed E-state index contributed by atoms with van der Waals surface area (Å²) in [4.78, 5) is 2.45. The van der Waals surface area contributed by atoms with Crippen LogP contribution in [0.15, 0.2) is 174 Å². The Hall–Kier alpha value is -6.47. The quantitative estimate of drug-likeness (QED) is 0.0575. The number of nitrogens with zero attached hydrogens (tertiary/aromatic N) is 5. The molecule has 0 aliphatic heterocycles. The molecular formula is C42H33N7OS. The first-order valence-corrected chi connectivity index (χ1v) is 17.1. The Labute approximate surface area is 300 Å². The lowest BCUT2D eigenvalue weighted by Gasteiger charge is -2.34. The van der Waals surface area contributed by atoms with Crippen LogP contribution >= 0.6 is 11.8 Å². The van der Waals surface area contributed by atoms with Crippen molar-refractivity contribution in [3.63, 3.8) is 0 Å². The van der Waals surface area contributed by atoms with Crippen LogP contribution in [0.4, 0.5) is 5.69 Å². The fourth-order valence-corrected chi connectivity index (χ4v) is 7.07. The van der Waals surface area contributed by atoms with Crippen LogP contribution in [0.2, 0.25) is 0 Å². The summed E-state index contributed by atoms with van der Waals surface area (Å²) in [5.41, 5.74) is 18.1. The summed E-state index contributed by atoms with van der Waals surface area (Å²) >= 11 is 1.24. The van der Waals surface area contributed by atoms with Gasteiger partial charge in [-0.25, -0.2) is 0 Å². The van der Waals surface area contributed by atoms with Crippen LogP contribution in [-0.4, -0.2) is 25.3 Å². The number of hydrogen-bond donors (Lipinski definition) is 3. The highest BCUT2D eigenvalue weighted by molar-refractivity contribution is 8.03. The summed E-state index contributed by atoms with van der Waals surface area (Å²) in [5.74, 6) is 0.445. The van der Waals surface area contributed by atoms with E-state index in [4.69, 9.17) is 16.6 Å². The number of nitrogens with two attached hydrogens (primary N) is 2. The van der Waals surface area contributed by atoms with Gasteiger partial charge in [-0.2, -0.15) is 5.26 Å². The van der Waals surface area contributed by atoms with Gasteiger partial charge in [0.2, 0.25) is 5.82 Å². The Morgan fingerprint density at radius 2 is 1.27 bits per heavy atom. The van der Waals surface area contributed by atoms with E-state index < -0.39 is 11.6 Å². The summed E-state index contributed by atoms with van der Waals surface area (Å²) in [6.07, 6.45) is -0.955. The van der Waals surface area contributed by atoms with Crippen molar-refractivity contribution < 1.29 is 5.11 Å². The minimum Gasteiger partial charge on any atom is -0.398 e. The van der Waals surface area contributed by atoms with E-state index >= 15 is 0 Å². The second kappa shape index (κ2) is 14.6. The standard InChI is InChI=1S/C42H33N7OS/c43-28-36(40(45)51-38-22-11-10-21-37(38)44)31-13-12-14-32(27-31)39(50)29-23-25-30(26-24-29)41-46-48-49(47-41)42(33-15-4-1-5-16-33,34-17-6-2-7-18-34)35-19-8-3-9-20-35/h1-27,39,50H,44-45H2/b40-36+. The molecule has 0 fully saturated rings. The number of aliphatic hydroxyl groups is 1. The molecule has 0 saturated heterocycles. The lowest BCUT2D eigenvalue weighted by molar-refractivity contribution is 0.220. The van der Waals surface area contributed by atoms with Crippen molar-refractivity contribution in [2.45, 2.75) is 16.5 Å². The zero-order valence-corrected chi connectivity index (χ0v) is 28.2. The maximum atomic E-state index is 11.4. The number of aliphatic hydroxyl groups excluding tert-OH is 1. The van der Waals surface area contributed by atoms with Crippen molar-refractivity contribution in [3.05, 3.63) is 202 Å². The van der Waals surface area contributed by atoms with Gasteiger partial charge >= 0.3 is 0 Å². The number of rotatable bonds is 10. The molecule has 248 valence electrons. The minimum absolute atomic E-state index is 0.305. The number of tetrazole rings is 1. The lowest BCUT2D eigenvalue weighted by atomic mass is 9.77. The number of benzene rings is 6.